The third-order valence-corrected chi connectivity index (χ3v) is 2.77. The fourth-order valence-electron chi connectivity index (χ4n) is 1.42. The Morgan fingerprint density at radius 1 is 1.37 bits per heavy atom. The molecule has 0 unspecified atom stereocenters. The quantitative estimate of drug-likeness (QED) is 0.910. The van der Waals surface area contributed by atoms with Gasteiger partial charge in [-0.15, -0.1) is 0 Å². The molecular weight excluding hydrogens is 310 g/mol. The van der Waals surface area contributed by atoms with Gasteiger partial charge in [-0.2, -0.15) is 0 Å². The van der Waals surface area contributed by atoms with Crippen LogP contribution in [0.5, 0.6) is 0 Å². The minimum Gasteiger partial charge on any atom is -0.444 e. The standard InChI is InChI=1S/C13H12BrN3O2/c14-10-6-11(12(15)16-7-10)17-13(18)19-8-9-4-2-1-3-5-9/h1-7H,8H2,(H2,15,16)(H,17,18). The first-order valence-corrected chi connectivity index (χ1v) is 6.33. The molecule has 6 heteroatoms. The molecule has 2 rings (SSSR count). The molecule has 98 valence electrons. The van der Waals surface area contributed by atoms with Gasteiger partial charge in [0, 0.05) is 10.7 Å². The van der Waals surface area contributed by atoms with Gasteiger partial charge in [0.25, 0.3) is 0 Å². The third-order valence-electron chi connectivity index (χ3n) is 2.33. The fourth-order valence-corrected chi connectivity index (χ4v) is 1.75. The molecule has 0 radical (unpaired) electrons. The number of carbonyl (C=O) groups excluding carboxylic acids is 1. The van der Waals surface area contributed by atoms with Crippen LogP contribution in [0.25, 0.3) is 0 Å². The zero-order valence-corrected chi connectivity index (χ0v) is 11.6. The Bertz CT molecular complexity index is 575. The Hall–Kier alpha value is -2.08. The molecule has 1 aromatic heterocycles. The molecule has 0 spiro atoms. The second-order valence-corrected chi connectivity index (χ2v) is 4.69. The average Bonchev–Trinajstić information content (AvgIpc) is 2.42. The van der Waals surface area contributed by atoms with Crippen molar-refractivity contribution in [3.8, 4) is 0 Å². The third kappa shape index (κ3) is 3.96. The summed E-state index contributed by atoms with van der Waals surface area (Å²) in [5.74, 6) is 0.236. The number of hydrogen-bond acceptors (Lipinski definition) is 4. The van der Waals surface area contributed by atoms with Gasteiger partial charge in [-0.25, -0.2) is 9.78 Å². The summed E-state index contributed by atoms with van der Waals surface area (Å²) in [5, 5.41) is 2.54. The SMILES string of the molecule is Nc1ncc(Br)cc1NC(=O)OCc1ccccc1. The number of rotatable bonds is 3. The molecule has 1 heterocycles. The lowest BCUT2D eigenvalue weighted by Gasteiger charge is -2.08. The lowest BCUT2D eigenvalue weighted by molar-refractivity contribution is 0.155. The number of halogens is 1. The van der Waals surface area contributed by atoms with Gasteiger partial charge in [-0.3, -0.25) is 5.32 Å². The van der Waals surface area contributed by atoms with Crippen molar-refractivity contribution >= 4 is 33.5 Å². The largest absolute Gasteiger partial charge is 0.444 e. The predicted octanol–water partition coefficient (Wildman–Crippen LogP) is 3.18. The van der Waals surface area contributed by atoms with E-state index in [0.717, 1.165) is 10.0 Å². The number of amides is 1. The maximum Gasteiger partial charge on any atom is 0.412 e. The van der Waals surface area contributed by atoms with E-state index in [4.69, 9.17) is 10.5 Å². The second kappa shape index (κ2) is 6.19. The number of aromatic nitrogens is 1. The molecule has 2 aromatic rings. The van der Waals surface area contributed by atoms with Gasteiger partial charge in [0.15, 0.2) is 0 Å². The van der Waals surface area contributed by atoms with Gasteiger partial charge < -0.3 is 10.5 Å². The lowest BCUT2D eigenvalue weighted by atomic mass is 10.2. The van der Waals surface area contributed by atoms with Crippen molar-refractivity contribution in [1.29, 1.82) is 0 Å². The van der Waals surface area contributed by atoms with E-state index < -0.39 is 6.09 Å². The number of pyridine rings is 1. The van der Waals surface area contributed by atoms with Crippen molar-refractivity contribution in [2.75, 3.05) is 11.1 Å². The summed E-state index contributed by atoms with van der Waals surface area (Å²) in [6.07, 6.45) is 0.978. The van der Waals surface area contributed by atoms with Crippen LogP contribution < -0.4 is 11.1 Å². The van der Waals surface area contributed by atoms with E-state index in [1.165, 1.54) is 0 Å². The van der Waals surface area contributed by atoms with E-state index >= 15 is 0 Å². The van der Waals surface area contributed by atoms with Gasteiger partial charge in [0.1, 0.15) is 12.4 Å². The molecule has 0 aliphatic carbocycles. The monoisotopic (exact) mass is 321 g/mol. The van der Waals surface area contributed by atoms with E-state index in [9.17, 15) is 4.79 Å². The Kier molecular flexibility index (Phi) is 4.35. The van der Waals surface area contributed by atoms with Crippen LogP contribution in [0.15, 0.2) is 47.1 Å². The molecule has 0 saturated carbocycles. The van der Waals surface area contributed by atoms with E-state index in [-0.39, 0.29) is 12.4 Å². The zero-order valence-electron chi connectivity index (χ0n) is 9.97. The fraction of sp³-hybridized carbons (Fsp3) is 0.0769. The highest BCUT2D eigenvalue weighted by Gasteiger charge is 2.07. The first kappa shape index (κ1) is 13.4. The van der Waals surface area contributed by atoms with Crippen molar-refractivity contribution < 1.29 is 9.53 Å². The molecule has 1 amide bonds. The number of anilines is 2. The number of nitrogen functional groups attached to an aromatic ring is 1. The molecule has 3 N–H and O–H groups in total. The number of carbonyl (C=O) groups is 1. The summed E-state index contributed by atoms with van der Waals surface area (Å²) in [6.45, 7) is 0.202. The topological polar surface area (TPSA) is 77.2 Å². The van der Waals surface area contributed by atoms with Gasteiger partial charge in [0.2, 0.25) is 0 Å². The van der Waals surface area contributed by atoms with Crippen molar-refractivity contribution in [3.63, 3.8) is 0 Å². The Labute approximate surface area is 118 Å². The van der Waals surface area contributed by atoms with Crippen LogP contribution in [0.3, 0.4) is 0 Å². The van der Waals surface area contributed by atoms with Crippen LogP contribution in [0, 0.1) is 0 Å². The first-order valence-electron chi connectivity index (χ1n) is 5.54. The summed E-state index contributed by atoms with van der Waals surface area (Å²) in [4.78, 5) is 15.5. The van der Waals surface area contributed by atoms with Crippen LogP contribution in [-0.4, -0.2) is 11.1 Å². The van der Waals surface area contributed by atoms with E-state index in [1.54, 1.807) is 12.3 Å². The van der Waals surface area contributed by atoms with E-state index in [0.29, 0.717) is 5.69 Å². The van der Waals surface area contributed by atoms with Gasteiger partial charge in [0.05, 0.1) is 5.69 Å². The Morgan fingerprint density at radius 2 is 2.11 bits per heavy atom. The molecule has 5 nitrogen and oxygen atoms in total. The minimum atomic E-state index is -0.574. The summed E-state index contributed by atoms with van der Waals surface area (Å²) in [7, 11) is 0. The van der Waals surface area contributed by atoms with Crippen LogP contribution in [0.4, 0.5) is 16.3 Å². The maximum absolute atomic E-state index is 11.6. The normalized spacial score (nSPS) is 9.95. The molecule has 0 aliphatic rings. The van der Waals surface area contributed by atoms with Crippen LogP contribution in [-0.2, 0) is 11.3 Å². The predicted molar refractivity (Wildman–Crippen MR) is 76.6 cm³/mol. The molecule has 0 bridgehead atoms. The van der Waals surface area contributed by atoms with Crippen molar-refractivity contribution in [2.24, 2.45) is 0 Å². The first-order chi connectivity index (χ1) is 9.15. The number of ether oxygens (including phenoxy) is 1. The van der Waals surface area contributed by atoms with Gasteiger partial charge >= 0.3 is 6.09 Å². The lowest BCUT2D eigenvalue weighted by Crippen LogP contribution is -2.15. The highest BCUT2D eigenvalue weighted by molar-refractivity contribution is 9.10. The van der Waals surface area contributed by atoms with Crippen LogP contribution in [0.2, 0.25) is 0 Å². The van der Waals surface area contributed by atoms with Gasteiger partial charge in [-0.1, -0.05) is 30.3 Å². The average molecular weight is 322 g/mol. The maximum atomic E-state index is 11.6. The van der Waals surface area contributed by atoms with E-state index in [1.807, 2.05) is 30.3 Å². The smallest absolute Gasteiger partial charge is 0.412 e. The molecule has 19 heavy (non-hydrogen) atoms. The number of benzene rings is 1. The highest BCUT2D eigenvalue weighted by Crippen LogP contribution is 2.20. The molecule has 0 aliphatic heterocycles. The summed E-state index contributed by atoms with van der Waals surface area (Å²) >= 11 is 3.25. The Balaban J connectivity index is 1.93. The molecular formula is C13H12BrN3O2. The molecule has 0 saturated heterocycles. The van der Waals surface area contributed by atoms with Crippen molar-refractivity contribution in [2.45, 2.75) is 6.61 Å². The number of nitrogens with one attached hydrogen (secondary N) is 1. The second-order valence-electron chi connectivity index (χ2n) is 3.77. The van der Waals surface area contributed by atoms with Gasteiger partial charge in [-0.05, 0) is 27.6 Å². The van der Waals surface area contributed by atoms with Crippen LogP contribution >= 0.6 is 15.9 Å². The molecule has 0 fully saturated rings. The highest BCUT2D eigenvalue weighted by atomic mass is 79.9. The van der Waals surface area contributed by atoms with Crippen LogP contribution in [0.1, 0.15) is 5.56 Å². The van der Waals surface area contributed by atoms with Crippen molar-refractivity contribution in [1.82, 2.24) is 4.98 Å². The molecule has 1 aromatic carbocycles. The number of nitrogens with zero attached hydrogens (tertiary/aromatic N) is 1. The number of nitrogens with two attached hydrogens (primary N) is 1. The summed E-state index contributed by atoms with van der Waals surface area (Å²) in [6, 6.07) is 11.1. The minimum absolute atomic E-state index is 0.202. The zero-order chi connectivity index (χ0) is 13.7. The Morgan fingerprint density at radius 3 is 2.84 bits per heavy atom. The van der Waals surface area contributed by atoms with E-state index in [2.05, 4.69) is 26.2 Å². The number of hydrogen-bond donors (Lipinski definition) is 2. The summed E-state index contributed by atoms with van der Waals surface area (Å²) in [5.41, 5.74) is 6.97. The molecule has 0 atom stereocenters. The van der Waals surface area contributed by atoms with Crippen molar-refractivity contribution in [3.05, 3.63) is 52.6 Å². The summed E-state index contributed by atoms with van der Waals surface area (Å²) < 4.78 is 5.80.